The molecule has 0 radical (unpaired) electrons. The largest absolute Gasteiger partial charge is 0.496 e. The van der Waals surface area contributed by atoms with E-state index in [4.69, 9.17) is 14.0 Å². The van der Waals surface area contributed by atoms with Gasteiger partial charge in [0, 0.05) is 12.7 Å². The van der Waals surface area contributed by atoms with E-state index in [1.54, 1.807) is 13.2 Å². The smallest absolute Gasteiger partial charge is 0.273 e. The second kappa shape index (κ2) is 6.83. The lowest BCUT2D eigenvalue weighted by atomic mass is 10.1. The molecule has 1 N–H and O–H groups in total. The Morgan fingerprint density at radius 1 is 1.43 bits per heavy atom. The number of aromatic nitrogens is 1. The first-order chi connectivity index (χ1) is 11.2. The van der Waals surface area contributed by atoms with E-state index in [0.29, 0.717) is 11.5 Å². The average Bonchev–Trinajstić information content (AvgIpc) is 3.26. The van der Waals surface area contributed by atoms with Crippen LogP contribution in [-0.4, -0.2) is 36.9 Å². The molecule has 1 aliphatic rings. The number of hydrogen-bond acceptors (Lipinski definition) is 5. The number of rotatable bonds is 5. The number of nitrogens with one attached hydrogen (secondary N) is 1. The van der Waals surface area contributed by atoms with Crippen molar-refractivity contribution in [1.29, 1.82) is 0 Å². The molecule has 1 aromatic carbocycles. The van der Waals surface area contributed by atoms with Crippen LogP contribution in [0.2, 0.25) is 0 Å². The van der Waals surface area contributed by atoms with E-state index in [9.17, 15) is 4.79 Å². The minimum Gasteiger partial charge on any atom is -0.496 e. The molecule has 0 spiro atoms. The highest BCUT2D eigenvalue weighted by molar-refractivity contribution is 5.93. The lowest BCUT2D eigenvalue weighted by Gasteiger charge is -2.19. The summed E-state index contributed by atoms with van der Waals surface area (Å²) in [6.45, 7) is 2.70. The second-order valence-corrected chi connectivity index (χ2v) is 5.59. The van der Waals surface area contributed by atoms with Gasteiger partial charge in [0.25, 0.3) is 5.91 Å². The van der Waals surface area contributed by atoms with Gasteiger partial charge in [-0.1, -0.05) is 17.3 Å². The van der Waals surface area contributed by atoms with Gasteiger partial charge in [-0.05, 0) is 31.9 Å². The molecular formula is C17H20N2O4. The third kappa shape index (κ3) is 3.37. The maximum Gasteiger partial charge on any atom is 0.273 e. The summed E-state index contributed by atoms with van der Waals surface area (Å²) in [4.78, 5) is 12.3. The highest BCUT2D eigenvalue weighted by Crippen LogP contribution is 2.29. The van der Waals surface area contributed by atoms with Crippen molar-refractivity contribution in [3.05, 3.63) is 36.0 Å². The van der Waals surface area contributed by atoms with Crippen LogP contribution < -0.4 is 10.1 Å². The van der Waals surface area contributed by atoms with Crippen LogP contribution in [0.1, 0.15) is 30.3 Å². The standard InChI is InChI=1S/C17H20N2O4/c1-11(14-8-5-9-22-14)18-17(20)13-10-16(23-19-13)12-6-3-4-7-15(12)21-2/h3-4,6-7,10-11,14H,5,8-9H2,1-2H3,(H,18,20)/t11-,14-/m1/s1. The zero-order chi connectivity index (χ0) is 16.2. The highest BCUT2D eigenvalue weighted by Gasteiger charge is 2.25. The topological polar surface area (TPSA) is 73.6 Å². The molecule has 2 atom stereocenters. The predicted octanol–water partition coefficient (Wildman–Crippen LogP) is 2.65. The Balaban J connectivity index is 1.72. The van der Waals surface area contributed by atoms with Gasteiger partial charge < -0.3 is 19.3 Å². The van der Waals surface area contributed by atoms with Crippen LogP contribution in [0.25, 0.3) is 11.3 Å². The predicted molar refractivity (Wildman–Crippen MR) is 84.4 cm³/mol. The quantitative estimate of drug-likeness (QED) is 0.918. The van der Waals surface area contributed by atoms with Gasteiger partial charge in [-0.25, -0.2) is 0 Å². The van der Waals surface area contributed by atoms with Gasteiger partial charge in [-0.15, -0.1) is 0 Å². The van der Waals surface area contributed by atoms with Crippen molar-refractivity contribution in [2.75, 3.05) is 13.7 Å². The minimum atomic E-state index is -0.266. The van der Waals surface area contributed by atoms with Gasteiger partial charge in [-0.2, -0.15) is 0 Å². The summed E-state index contributed by atoms with van der Waals surface area (Å²) in [7, 11) is 1.59. The Labute approximate surface area is 134 Å². The fourth-order valence-electron chi connectivity index (χ4n) is 2.73. The monoisotopic (exact) mass is 316 g/mol. The Hall–Kier alpha value is -2.34. The molecule has 1 aromatic heterocycles. The fraction of sp³-hybridized carbons (Fsp3) is 0.412. The lowest BCUT2D eigenvalue weighted by molar-refractivity contribution is 0.0707. The van der Waals surface area contributed by atoms with E-state index in [-0.39, 0.29) is 23.7 Å². The lowest BCUT2D eigenvalue weighted by Crippen LogP contribution is -2.40. The molecule has 1 amide bonds. The van der Waals surface area contributed by atoms with Crippen LogP contribution in [0.4, 0.5) is 0 Å². The molecule has 122 valence electrons. The minimum absolute atomic E-state index is 0.0589. The summed E-state index contributed by atoms with van der Waals surface area (Å²) in [5, 5.41) is 6.78. The third-order valence-corrected chi connectivity index (χ3v) is 4.00. The van der Waals surface area contributed by atoms with Crippen molar-refractivity contribution in [3.63, 3.8) is 0 Å². The number of benzene rings is 1. The van der Waals surface area contributed by atoms with Gasteiger partial charge in [0.1, 0.15) is 5.75 Å². The highest BCUT2D eigenvalue weighted by atomic mass is 16.5. The zero-order valence-electron chi connectivity index (χ0n) is 13.2. The van der Waals surface area contributed by atoms with Crippen LogP contribution in [-0.2, 0) is 4.74 Å². The number of ether oxygens (including phenoxy) is 2. The van der Waals surface area contributed by atoms with E-state index >= 15 is 0 Å². The second-order valence-electron chi connectivity index (χ2n) is 5.59. The molecule has 1 fully saturated rings. The van der Waals surface area contributed by atoms with Crippen molar-refractivity contribution in [2.24, 2.45) is 0 Å². The van der Waals surface area contributed by atoms with Crippen LogP contribution in [0.15, 0.2) is 34.9 Å². The first-order valence-electron chi connectivity index (χ1n) is 7.71. The van der Waals surface area contributed by atoms with Crippen molar-refractivity contribution < 1.29 is 18.8 Å². The maximum absolute atomic E-state index is 12.3. The molecule has 2 heterocycles. The van der Waals surface area contributed by atoms with Crippen molar-refractivity contribution in [1.82, 2.24) is 10.5 Å². The summed E-state index contributed by atoms with van der Waals surface area (Å²) in [5.41, 5.74) is 1.00. The van der Waals surface area contributed by atoms with Gasteiger partial charge in [0.15, 0.2) is 11.5 Å². The van der Waals surface area contributed by atoms with Crippen molar-refractivity contribution in [3.8, 4) is 17.1 Å². The normalized spacial score (nSPS) is 18.6. The number of methoxy groups -OCH3 is 1. The van der Waals surface area contributed by atoms with E-state index in [2.05, 4.69) is 10.5 Å². The van der Waals surface area contributed by atoms with E-state index in [1.807, 2.05) is 31.2 Å². The number of carbonyl (C=O) groups is 1. The summed E-state index contributed by atoms with van der Waals surface area (Å²) < 4.78 is 16.2. The Bertz CT molecular complexity index is 677. The Morgan fingerprint density at radius 2 is 2.26 bits per heavy atom. The van der Waals surface area contributed by atoms with Gasteiger partial charge in [0.2, 0.25) is 0 Å². The molecule has 0 aliphatic carbocycles. The van der Waals surface area contributed by atoms with Crippen molar-refractivity contribution >= 4 is 5.91 Å². The number of hydrogen-bond donors (Lipinski definition) is 1. The average molecular weight is 316 g/mol. The molecule has 0 bridgehead atoms. The summed E-state index contributed by atoms with van der Waals surface area (Å²) in [6, 6.07) is 8.99. The molecule has 0 unspecified atom stereocenters. The SMILES string of the molecule is COc1ccccc1-c1cc(C(=O)N[C@H](C)[C@H]2CCCO2)no1. The molecule has 6 nitrogen and oxygen atoms in total. The Morgan fingerprint density at radius 3 is 3.00 bits per heavy atom. The number of amides is 1. The molecule has 1 saturated heterocycles. The van der Waals surface area contributed by atoms with Gasteiger partial charge in [0.05, 0.1) is 24.8 Å². The molecule has 23 heavy (non-hydrogen) atoms. The van der Waals surface area contributed by atoms with Crippen LogP contribution in [0, 0.1) is 0 Å². The zero-order valence-corrected chi connectivity index (χ0v) is 13.2. The first-order valence-corrected chi connectivity index (χ1v) is 7.71. The summed E-state index contributed by atoms with van der Waals surface area (Å²) in [5.74, 6) is 0.901. The van der Waals surface area contributed by atoms with Crippen LogP contribution >= 0.6 is 0 Å². The number of carbonyl (C=O) groups excluding carboxylic acids is 1. The van der Waals surface area contributed by atoms with E-state index in [1.165, 1.54) is 0 Å². The summed E-state index contributed by atoms with van der Waals surface area (Å²) in [6.07, 6.45) is 2.07. The molecule has 3 rings (SSSR count). The third-order valence-electron chi connectivity index (χ3n) is 4.00. The maximum atomic E-state index is 12.3. The molecule has 6 heteroatoms. The van der Waals surface area contributed by atoms with E-state index < -0.39 is 0 Å². The van der Waals surface area contributed by atoms with Gasteiger partial charge in [-0.3, -0.25) is 4.79 Å². The number of nitrogens with zero attached hydrogens (tertiary/aromatic N) is 1. The molecule has 2 aromatic rings. The molecular weight excluding hydrogens is 296 g/mol. The number of para-hydroxylation sites is 1. The fourth-order valence-corrected chi connectivity index (χ4v) is 2.73. The van der Waals surface area contributed by atoms with E-state index in [0.717, 1.165) is 25.0 Å². The first kappa shape index (κ1) is 15.6. The van der Waals surface area contributed by atoms with Crippen LogP contribution in [0.3, 0.4) is 0 Å². The Kier molecular flexibility index (Phi) is 4.62. The van der Waals surface area contributed by atoms with Gasteiger partial charge >= 0.3 is 0 Å². The molecule has 1 aliphatic heterocycles. The summed E-state index contributed by atoms with van der Waals surface area (Å²) >= 11 is 0. The van der Waals surface area contributed by atoms with Crippen LogP contribution in [0.5, 0.6) is 5.75 Å². The van der Waals surface area contributed by atoms with Crippen molar-refractivity contribution in [2.45, 2.75) is 31.9 Å². The molecule has 0 saturated carbocycles.